The summed E-state index contributed by atoms with van der Waals surface area (Å²) >= 11 is 0. The third kappa shape index (κ3) is 3.94. The van der Waals surface area contributed by atoms with Gasteiger partial charge < -0.3 is 4.74 Å². The van der Waals surface area contributed by atoms with Crippen LogP contribution in [0.4, 0.5) is 8.78 Å². The van der Waals surface area contributed by atoms with Gasteiger partial charge in [0.05, 0.1) is 0 Å². The van der Waals surface area contributed by atoms with E-state index in [4.69, 9.17) is 0 Å². The van der Waals surface area contributed by atoms with Crippen LogP contribution in [0.15, 0.2) is 60.7 Å². The predicted octanol–water partition coefficient (Wildman–Crippen LogP) is 7.26. The summed E-state index contributed by atoms with van der Waals surface area (Å²) in [5, 5.41) is 0. The van der Waals surface area contributed by atoms with Gasteiger partial charge in [0.25, 0.3) is 0 Å². The Hall–Kier alpha value is -2.68. The maximum Gasteiger partial charge on any atom is 0.387 e. The van der Waals surface area contributed by atoms with Gasteiger partial charge in [-0.15, -0.1) is 0 Å². The molecular weight excluding hydrogens is 354 g/mol. The van der Waals surface area contributed by atoms with E-state index in [9.17, 15) is 8.78 Å². The second-order valence-corrected chi connectivity index (χ2v) is 7.40. The Morgan fingerprint density at radius 3 is 2.21 bits per heavy atom. The predicted molar refractivity (Wildman–Crippen MR) is 110 cm³/mol. The van der Waals surface area contributed by atoms with E-state index in [2.05, 4.69) is 48.1 Å². The highest BCUT2D eigenvalue weighted by Crippen LogP contribution is 2.39. The van der Waals surface area contributed by atoms with Crippen molar-refractivity contribution in [3.05, 3.63) is 77.4 Å². The number of halogens is 2. The Balaban J connectivity index is 1.54. The van der Waals surface area contributed by atoms with Crippen LogP contribution in [0.2, 0.25) is 0 Å². The van der Waals surface area contributed by atoms with Crippen molar-refractivity contribution in [2.45, 2.75) is 45.6 Å². The number of hydrogen-bond acceptors (Lipinski definition) is 1. The average molecular weight is 378 g/mol. The largest absolute Gasteiger partial charge is 0.435 e. The Morgan fingerprint density at radius 1 is 0.821 bits per heavy atom. The zero-order valence-electron chi connectivity index (χ0n) is 16.1. The first-order valence-corrected chi connectivity index (χ1v) is 9.94. The lowest BCUT2D eigenvalue weighted by Gasteiger charge is -2.08. The fraction of sp³-hybridized carbons (Fsp3) is 0.280. The van der Waals surface area contributed by atoms with E-state index in [-0.39, 0.29) is 5.75 Å². The minimum absolute atomic E-state index is 0.183. The van der Waals surface area contributed by atoms with Crippen molar-refractivity contribution in [2.24, 2.45) is 0 Å². The van der Waals surface area contributed by atoms with Gasteiger partial charge in [-0.3, -0.25) is 0 Å². The first-order valence-electron chi connectivity index (χ1n) is 9.94. The molecule has 0 fully saturated rings. The summed E-state index contributed by atoms with van der Waals surface area (Å²) in [4.78, 5) is 0. The fourth-order valence-electron chi connectivity index (χ4n) is 4.01. The van der Waals surface area contributed by atoms with E-state index in [1.54, 1.807) is 12.1 Å². The monoisotopic (exact) mass is 378 g/mol. The van der Waals surface area contributed by atoms with E-state index in [1.807, 2.05) is 12.1 Å². The summed E-state index contributed by atoms with van der Waals surface area (Å²) in [6.45, 7) is -0.563. The van der Waals surface area contributed by atoms with Crippen molar-refractivity contribution in [1.82, 2.24) is 0 Å². The number of unbranched alkanes of at least 4 members (excludes halogenated alkanes) is 2. The first kappa shape index (κ1) is 18.7. The lowest BCUT2D eigenvalue weighted by atomic mass is 9.98. The standard InChI is InChI=1S/C25H24F2O/c1-2-3-4-5-17-6-12-23-20(14-17)16-21-15-19(9-13-24(21)23)18-7-10-22(11-8-18)28-25(26)27/h6-15,25H,2-5,16H2,1H3. The minimum atomic E-state index is -2.80. The highest BCUT2D eigenvalue weighted by atomic mass is 19.3. The molecular formula is C25H24F2O. The Morgan fingerprint density at radius 2 is 1.50 bits per heavy atom. The van der Waals surface area contributed by atoms with Crippen LogP contribution in [0.3, 0.4) is 0 Å². The second kappa shape index (κ2) is 8.14. The number of ether oxygens (including phenoxy) is 1. The smallest absolute Gasteiger partial charge is 0.387 e. The molecule has 4 rings (SSSR count). The maximum atomic E-state index is 12.3. The van der Waals surface area contributed by atoms with Gasteiger partial charge in [0, 0.05) is 0 Å². The van der Waals surface area contributed by atoms with Gasteiger partial charge in [-0.25, -0.2) is 0 Å². The molecule has 0 amide bonds. The molecule has 1 nitrogen and oxygen atoms in total. The Bertz CT molecular complexity index is 961. The quantitative estimate of drug-likeness (QED) is 0.308. The van der Waals surface area contributed by atoms with Crippen LogP contribution in [0.5, 0.6) is 5.75 Å². The SMILES string of the molecule is CCCCCc1ccc2c(c1)Cc1cc(-c3ccc(OC(F)F)cc3)ccc1-2. The van der Waals surface area contributed by atoms with Gasteiger partial charge in [0.2, 0.25) is 0 Å². The maximum absolute atomic E-state index is 12.3. The topological polar surface area (TPSA) is 9.23 Å². The summed E-state index contributed by atoms with van der Waals surface area (Å²) < 4.78 is 29.1. The van der Waals surface area contributed by atoms with Crippen molar-refractivity contribution < 1.29 is 13.5 Å². The van der Waals surface area contributed by atoms with E-state index < -0.39 is 6.61 Å². The molecule has 3 heteroatoms. The summed E-state index contributed by atoms with van der Waals surface area (Å²) in [6.07, 6.45) is 5.87. The molecule has 0 unspecified atom stereocenters. The summed E-state index contributed by atoms with van der Waals surface area (Å²) in [5.41, 5.74) is 8.89. The number of alkyl halides is 2. The molecule has 3 aromatic rings. The fourth-order valence-corrected chi connectivity index (χ4v) is 4.01. The van der Waals surface area contributed by atoms with Gasteiger partial charge in [-0.05, 0) is 70.3 Å². The molecule has 0 heterocycles. The molecule has 0 spiro atoms. The number of benzene rings is 3. The van der Waals surface area contributed by atoms with Gasteiger partial charge in [0.15, 0.2) is 0 Å². The van der Waals surface area contributed by atoms with Gasteiger partial charge >= 0.3 is 6.61 Å². The number of rotatable bonds is 7. The van der Waals surface area contributed by atoms with Crippen molar-refractivity contribution in [3.63, 3.8) is 0 Å². The van der Waals surface area contributed by atoms with Crippen LogP contribution >= 0.6 is 0 Å². The molecule has 0 aliphatic heterocycles. The highest BCUT2D eigenvalue weighted by Gasteiger charge is 2.19. The van der Waals surface area contributed by atoms with E-state index in [0.717, 1.165) is 24.0 Å². The molecule has 3 aromatic carbocycles. The molecule has 144 valence electrons. The average Bonchev–Trinajstić information content (AvgIpc) is 3.05. The molecule has 0 bridgehead atoms. The van der Waals surface area contributed by atoms with Crippen molar-refractivity contribution in [2.75, 3.05) is 0 Å². The zero-order chi connectivity index (χ0) is 19.5. The molecule has 1 aliphatic carbocycles. The van der Waals surface area contributed by atoms with Crippen LogP contribution in [-0.4, -0.2) is 6.61 Å². The number of aryl methyl sites for hydroxylation is 1. The van der Waals surface area contributed by atoms with Crippen molar-refractivity contribution >= 4 is 0 Å². The Kier molecular flexibility index (Phi) is 5.43. The summed E-state index contributed by atoms with van der Waals surface area (Å²) in [5.74, 6) is 0.183. The molecule has 0 saturated heterocycles. The van der Waals surface area contributed by atoms with E-state index in [1.165, 1.54) is 47.1 Å². The second-order valence-electron chi connectivity index (χ2n) is 7.40. The van der Waals surface area contributed by atoms with Gasteiger partial charge in [-0.2, -0.15) is 8.78 Å². The third-order valence-electron chi connectivity index (χ3n) is 5.43. The zero-order valence-corrected chi connectivity index (χ0v) is 16.1. The van der Waals surface area contributed by atoms with E-state index >= 15 is 0 Å². The van der Waals surface area contributed by atoms with Gasteiger partial charge in [-0.1, -0.05) is 68.3 Å². The minimum Gasteiger partial charge on any atom is -0.435 e. The highest BCUT2D eigenvalue weighted by molar-refractivity contribution is 5.80. The third-order valence-corrected chi connectivity index (χ3v) is 5.43. The van der Waals surface area contributed by atoms with Crippen LogP contribution in [0, 0.1) is 0 Å². The van der Waals surface area contributed by atoms with Crippen molar-refractivity contribution in [1.29, 1.82) is 0 Å². The van der Waals surface area contributed by atoms with Crippen LogP contribution < -0.4 is 4.74 Å². The van der Waals surface area contributed by atoms with Crippen LogP contribution in [-0.2, 0) is 12.8 Å². The van der Waals surface area contributed by atoms with Crippen molar-refractivity contribution in [3.8, 4) is 28.0 Å². The van der Waals surface area contributed by atoms with Gasteiger partial charge in [0.1, 0.15) is 5.75 Å². The molecule has 28 heavy (non-hydrogen) atoms. The number of fused-ring (bicyclic) bond motifs is 3. The van der Waals surface area contributed by atoms with Crippen LogP contribution in [0.1, 0.15) is 42.9 Å². The normalized spacial score (nSPS) is 12.1. The van der Waals surface area contributed by atoms with E-state index in [0.29, 0.717) is 0 Å². The Labute approximate surface area is 165 Å². The molecule has 0 atom stereocenters. The first-order chi connectivity index (χ1) is 13.6. The number of hydrogen-bond donors (Lipinski definition) is 0. The lowest BCUT2D eigenvalue weighted by Crippen LogP contribution is -2.01. The van der Waals surface area contributed by atoms with Crippen LogP contribution in [0.25, 0.3) is 22.3 Å². The molecule has 0 aromatic heterocycles. The summed E-state index contributed by atoms with van der Waals surface area (Å²) in [7, 11) is 0. The summed E-state index contributed by atoms with van der Waals surface area (Å²) in [6, 6.07) is 20.2. The molecule has 0 N–H and O–H groups in total. The molecule has 1 aliphatic rings. The molecule has 0 saturated carbocycles. The molecule has 0 radical (unpaired) electrons. The lowest BCUT2D eigenvalue weighted by molar-refractivity contribution is -0.0498.